The molecule has 1 amide bonds. The molecule has 0 N–H and O–H groups in total. The number of hydrogen-bond donors (Lipinski definition) is 0. The summed E-state index contributed by atoms with van der Waals surface area (Å²) >= 11 is 1.63. The number of esters is 1. The number of hydrogen-bond acceptors (Lipinski definition) is 4. The molecule has 24 heavy (non-hydrogen) atoms. The predicted molar refractivity (Wildman–Crippen MR) is 97.4 cm³/mol. The highest BCUT2D eigenvalue weighted by atomic mass is 32.2. The zero-order chi connectivity index (χ0) is 17.9. The number of likely N-dealkylation sites (tertiary alicyclic amines) is 1. The normalized spacial score (nSPS) is 15.5. The Bertz CT molecular complexity index is 608. The van der Waals surface area contributed by atoms with E-state index in [2.05, 4.69) is 33.8 Å². The van der Waals surface area contributed by atoms with E-state index in [0.717, 1.165) is 0 Å². The molecule has 1 aromatic carbocycles. The third-order valence-electron chi connectivity index (χ3n) is 5.02. The quantitative estimate of drug-likeness (QED) is 0.617. The van der Waals surface area contributed by atoms with Crippen LogP contribution in [0.25, 0.3) is 0 Å². The summed E-state index contributed by atoms with van der Waals surface area (Å²) in [5.41, 5.74) is 5.07. The average Bonchev–Trinajstić information content (AvgIpc) is 2.59. The molecular weight excluding hydrogens is 322 g/mol. The molecule has 1 fully saturated rings. The van der Waals surface area contributed by atoms with Crippen LogP contribution < -0.4 is 0 Å². The van der Waals surface area contributed by atoms with E-state index in [4.69, 9.17) is 4.74 Å². The van der Waals surface area contributed by atoms with Gasteiger partial charge >= 0.3 is 5.97 Å². The summed E-state index contributed by atoms with van der Waals surface area (Å²) in [7, 11) is 1.42. The van der Waals surface area contributed by atoms with Gasteiger partial charge in [-0.05, 0) is 62.8 Å². The number of benzene rings is 1. The molecule has 0 atom stereocenters. The minimum Gasteiger partial charge on any atom is -0.469 e. The van der Waals surface area contributed by atoms with Gasteiger partial charge in [0, 0.05) is 18.0 Å². The fraction of sp³-hybridized carbons (Fsp3) is 0.579. The third kappa shape index (κ3) is 4.12. The SMILES string of the molecule is COC(=O)C1CCN(C(=O)CSc2c(C)c(C)cc(C)c2C)CC1. The van der Waals surface area contributed by atoms with E-state index in [9.17, 15) is 9.59 Å². The lowest BCUT2D eigenvalue weighted by Crippen LogP contribution is -2.41. The fourth-order valence-corrected chi connectivity index (χ4v) is 4.36. The molecule has 0 unspecified atom stereocenters. The minimum absolute atomic E-state index is 0.0596. The summed E-state index contributed by atoms with van der Waals surface area (Å²) in [4.78, 5) is 27.2. The molecule has 0 aliphatic carbocycles. The first kappa shape index (κ1) is 18.8. The third-order valence-corrected chi connectivity index (χ3v) is 6.31. The van der Waals surface area contributed by atoms with Gasteiger partial charge in [-0.2, -0.15) is 0 Å². The second-order valence-corrected chi connectivity index (χ2v) is 7.54. The van der Waals surface area contributed by atoms with Gasteiger partial charge in [-0.25, -0.2) is 0 Å². The highest BCUT2D eigenvalue weighted by Gasteiger charge is 2.27. The molecule has 0 spiro atoms. The first-order valence-corrected chi connectivity index (χ1v) is 9.39. The van der Waals surface area contributed by atoms with E-state index in [1.54, 1.807) is 11.8 Å². The highest BCUT2D eigenvalue weighted by Crippen LogP contribution is 2.31. The summed E-state index contributed by atoms with van der Waals surface area (Å²) in [6.45, 7) is 9.76. The monoisotopic (exact) mass is 349 g/mol. The molecule has 0 aromatic heterocycles. The Balaban J connectivity index is 1.94. The van der Waals surface area contributed by atoms with Crippen molar-refractivity contribution in [1.29, 1.82) is 0 Å². The Morgan fingerprint density at radius 3 is 2.17 bits per heavy atom. The van der Waals surface area contributed by atoms with Gasteiger partial charge in [0.05, 0.1) is 18.8 Å². The maximum atomic E-state index is 12.5. The fourth-order valence-electron chi connectivity index (χ4n) is 3.15. The van der Waals surface area contributed by atoms with E-state index >= 15 is 0 Å². The van der Waals surface area contributed by atoms with Crippen LogP contribution in [0.3, 0.4) is 0 Å². The van der Waals surface area contributed by atoms with Crippen LogP contribution >= 0.6 is 11.8 Å². The van der Waals surface area contributed by atoms with E-state index < -0.39 is 0 Å². The second-order valence-electron chi connectivity index (χ2n) is 6.56. The van der Waals surface area contributed by atoms with Gasteiger partial charge in [0.1, 0.15) is 0 Å². The van der Waals surface area contributed by atoms with Crippen LogP contribution in [0.2, 0.25) is 0 Å². The molecular formula is C19H27NO3S. The van der Waals surface area contributed by atoms with Crippen molar-refractivity contribution in [2.75, 3.05) is 26.0 Å². The van der Waals surface area contributed by atoms with Gasteiger partial charge in [0.25, 0.3) is 0 Å². The summed E-state index contributed by atoms with van der Waals surface area (Å²) < 4.78 is 4.79. The summed E-state index contributed by atoms with van der Waals surface area (Å²) in [6.07, 6.45) is 1.40. The molecule has 1 saturated heterocycles. The van der Waals surface area contributed by atoms with E-state index in [1.807, 2.05) is 4.90 Å². The zero-order valence-electron chi connectivity index (χ0n) is 15.3. The molecule has 0 bridgehead atoms. The number of nitrogens with zero attached hydrogens (tertiary/aromatic N) is 1. The Morgan fingerprint density at radius 2 is 1.67 bits per heavy atom. The van der Waals surface area contributed by atoms with Gasteiger partial charge in [-0.1, -0.05) is 6.07 Å². The van der Waals surface area contributed by atoms with Crippen molar-refractivity contribution in [3.63, 3.8) is 0 Å². The first-order chi connectivity index (χ1) is 11.3. The van der Waals surface area contributed by atoms with E-state index in [0.29, 0.717) is 31.7 Å². The van der Waals surface area contributed by atoms with Gasteiger partial charge in [-0.15, -0.1) is 11.8 Å². The van der Waals surface area contributed by atoms with Crippen molar-refractivity contribution < 1.29 is 14.3 Å². The molecule has 132 valence electrons. The molecule has 1 heterocycles. The van der Waals surface area contributed by atoms with Crippen LogP contribution in [0.15, 0.2) is 11.0 Å². The summed E-state index contributed by atoms with van der Waals surface area (Å²) in [6, 6.07) is 2.20. The summed E-state index contributed by atoms with van der Waals surface area (Å²) in [5.74, 6) is 0.392. The van der Waals surface area contributed by atoms with Gasteiger partial charge in [-0.3, -0.25) is 9.59 Å². The van der Waals surface area contributed by atoms with Crippen molar-refractivity contribution in [3.8, 4) is 0 Å². The molecule has 4 nitrogen and oxygen atoms in total. The first-order valence-electron chi connectivity index (χ1n) is 8.41. The number of piperidine rings is 1. The number of amides is 1. The number of carbonyl (C=O) groups is 2. The van der Waals surface area contributed by atoms with Crippen LogP contribution in [0.4, 0.5) is 0 Å². The van der Waals surface area contributed by atoms with E-state index in [-0.39, 0.29) is 17.8 Å². The Hall–Kier alpha value is -1.49. The van der Waals surface area contributed by atoms with Crippen LogP contribution in [-0.2, 0) is 14.3 Å². The Morgan fingerprint density at radius 1 is 1.12 bits per heavy atom. The number of carbonyl (C=O) groups excluding carboxylic acids is 2. The van der Waals surface area contributed by atoms with Gasteiger partial charge in [0.15, 0.2) is 0 Å². The minimum atomic E-state index is -0.155. The maximum Gasteiger partial charge on any atom is 0.308 e. The van der Waals surface area contributed by atoms with Crippen molar-refractivity contribution in [3.05, 3.63) is 28.3 Å². The van der Waals surface area contributed by atoms with E-state index in [1.165, 1.54) is 34.3 Å². The van der Waals surface area contributed by atoms with Crippen molar-refractivity contribution in [2.45, 2.75) is 45.4 Å². The molecule has 1 aliphatic heterocycles. The van der Waals surface area contributed by atoms with Gasteiger partial charge < -0.3 is 9.64 Å². The lowest BCUT2D eigenvalue weighted by molar-refractivity contribution is -0.148. The number of methoxy groups -OCH3 is 1. The van der Waals surface area contributed by atoms with Crippen LogP contribution in [0.1, 0.15) is 35.1 Å². The van der Waals surface area contributed by atoms with Crippen LogP contribution in [0, 0.1) is 33.6 Å². The number of thioether (sulfide) groups is 1. The molecule has 1 aromatic rings. The topological polar surface area (TPSA) is 46.6 Å². The maximum absolute atomic E-state index is 12.5. The zero-order valence-corrected chi connectivity index (χ0v) is 16.1. The number of ether oxygens (including phenoxy) is 1. The van der Waals surface area contributed by atoms with Gasteiger partial charge in [0.2, 0.25) is 5.91 Å². The van der Waals surface area contributed by atoms with Crippen molar-refractivity contribution in [2.24, 2.45) is 5.92 Å². The highest BCUT2D eigenvalue weighted by molar-refractivity contribution is 8.00. The number of rotatable bonds is 4. The summed E-state index contributed by atoms with van der Waals surface area (Å²) in [5, 5.41) is 0. The van der Waals surface area contributed by atoms with Crippen molar-refractivity contribution in [1.82, 2.24) is 4.90 Å². The molecule has 0 saturated carbocycles. The molecule has 2 rings (SSSR count). The average molecular weight is 349 g/mol. The molecule has 0 radical (unpaired) electrons. The number of aryl methyl sites for hydroxylation is 2. The lowest BCUT2D eigenvalue weighted by atomic mass is 9.97. The Labute approximate surface area is 148 Å². The van der Waals surface area contributed by atoms with Crippen LogP contribution in [-0.4, -0.2) is 42.7 Å². The smallest absolute Gasteiger partial charge is 0.308 e. The standard InChI is InChI=1S/C19H27NO3S/c1-12-10-13(2)15(4)18(14(12)3)24-11-17(21)20-8-6-16(7-9-20)19(22)23-5/h10,16H,6-9,11H2,1-5H3. The van der Waals surface area contributed by atoms with Crippen LogP contribution in [0.5, 0.6) is 0 Å². The Kier molecular flexibility index (Phi) is 6.33. The molecule has 1 aliphatic rings. The second kappa shape index (κ2) is 8.06. The van der Waals surface area contributed by atoms with Crippen molar-refractivity contribution >= 4 is 23.6 Å². The molecule has 5 heteroatoms. The largest absolute Gasteiger partial charge is 0.469 e. The predicted octanol–water partition coefficient (Wildman–Crippen LogP) is 3.42. The lowest BCUT2D eigenvalue weighted by Gasteiger charge is -2.30.